The van der Waals surface area contributed by atoms with Gasteiger partial charge in [0, 0.05) is 24.9 Å². The smallest absolute Gasteiger partial charge is 0.306 e. The molecule has 2 saturated carbocycles. The highest BCUT2D eigenvalue weighted by Gasteiger charge is 2.65. The summed E-state index contributed by atoms with van der Waals surface area (Å²) < 4.78 is 5.07. The van der Waals surface area contributed by atoms with Crippen molar-refractivity contribution < 1.29 is 35.1 Å². The first-order valence-corrected chi connectivity index (χ1v) is 6.51. The predicted molar refractivity (Wildman–Crippen MR) is 61.8 cm³/mol. The quantitative estimate of drug-likeness (QED) is 0.284. The SMILES string of the molecule is O=C(CCCCO)OC1C(O)C2C(O)C(O)C(O)C12. The Labute approximate surface area is 110 Å². The second-order valence-electron chi connectivity index (χ2n) is 5.25. The largest absolute Gasteiger partial charge is 0.459 e. The van der Waals surface area contributed by atoms with E-state index in [1.165, 1.54) is 0 Å². The van der Waals surface area contributed by atoms with Crippen LogP contribution in [0.25, 0.3) is 0 Å². The average Bonchev–Trinajstić information content (AvgIpc) is 2.58. The molecule has 0 aromatic heterocycles. The average molecular weight is 276 g/mol. The fourth-order valence-electron chi connectivity index (χ4n) is 3.00. The monoisotopic (exact) mass is 276 g/mol. The summed E-state index contributed by atoms with van der Waals surface area (Å²) >= 11 is 0. The van der Waals surface area contributed by atoms with Crippen LogP contribution in [0.3, 0.4) is 0 Å². The minimum Gasteiger partial charge on any atom is -0.459 e. The molecular formula is C12H20O7. The molecule has 7 unspecified atom stereocenters. The lowest BCUT2D eigenvalue weighted by Gasteiger charge is -2.46. The van der Waals surface area contributed by atoms with E-state index >= 15 is 0 Å². The first-order chi connectivity index (χ1) is 8.99. The van der Waals surface area contributed by atoms with Crippen molar-refractivity contribution in [2.45, 2.75) is 49.8 Å². The van der Waals surface area contributed by atoms with Gasteiger partial charge in [-0.25, -0.2) is 0 Å². The van der Waals surface area contributed by atoms with Gasteiger partial charge in [-0.15, -0.1) is 0 Å². The standard InChI is InChI=1S/C12H20O7/c13-4-2-1-3-5(14)19-12-7-6(10(12)17)8(15)11(18)9(7)16/h6-13,15-18H,1-4H2. The first kappa shape index (κ1) is 14.7. The van der Waals surface area contributed by atoms with Crippen LogP contribution in [0.1, 0.15) is 19.3 Å². The zero-order valence-electron chi connectivity index (χ0n) is 10.4. The number of carbonyl (C=O) groups excluding carboxylic acids is 1. The predicted octanol–water partition coefficient (Wildman–Crippen LogP) is -2.24. The fourth-order valence-corrected chi connectivity index (χ4v) is 3.00. The molecule has 110 valence electrons. The molecule has 0 aromatic rings. The van der Waals surface area contributed by atoms with Gasteiger partial charge in [0.15, 0.2) is 0 Å². The topological polar surface area (TPSA) is 127 Å². The van der Waals surface area contributed by atoms with Gasteiger partial charge in [0.2, 0.25) is 0 Å². The molecule has 2 aliphatic carbocycles. The van der Waals surface area contributed by atoms with Gasteiger partial charge in [0.1, 0.15) is 12.2 Å². The number of unbranched alkanes of at least 4 members (excludes halogenated alkanes) is 1. The Bertz CT molecular complexity index is 334. The van der Waals surface area contributed by atoms with Crippen molar-refractivity contribution in [3.63, 3.8) is 0 Å². The molecule has 2 fully saturated rings. The van der Waals surface area contributed by atoms with Crippen molar-refractivity contribution in [2.75, 3.05) is 6.61 Å². The lowest BCUT2D eigenvalue weighted by Crippen LogP contribution is -2.60. The molecule has 0 bridgehead atoms. The second-order valence-corrected chi connectivity index (χ2v) is 5.25. The van der Waals surface area contributed by atoms with Crippen LogP contribution >= 0.6 is 0 Å². The van der Waals surface area contributed by atoms with E-state index in [9.17, 15) is 25.2 Å². The van der Waals surface area contributed by atoms with Crippen molar-refractivity contribution in [2.24, 2.45) is 11.8 Å². The summed E-state index contributed by atoms with van der Waals surface area (Å²) in [6.45, 7) is 0.00112. The number of fused-ring (bicyclic) bond motifs is 1. The molecule has 2 rings (SSSR count). The third-order valence-corrected chi connectivity index (χ3v) is 4.10. The Morgan fingerprint density at radius 3 is 2.16 bits per heavy atom. The number of aliphatic hydroxyl groups is 5. The number of rotatable bonds is 5. The Morgan fingerprint density at radius 1 is 0.895 bits per heavy atom. The first-order valence-electron chi connectivity index (χ1n) is 6.51. The van der Waals surface area contributed by atoms with E-state index < -0.39 is 48.3 Å². The van der Waals surface area contributed by atoms with Crippen LogP contribution in [-0.2, 0) is 9.53 Å². The Kier molecular flexibility index (Phi) is 4.42. The van der Waals surface area contributed by atoms with Gasteiger partial charge in [0.05, 0.1) is 18.3 Å². The van der Waals surface area contributed by atoms with Crippen molar-refractivity contribution >= 4 is 5.97 Å². The highest BCUT2D eigenvalue weighted by molar-refractivity contribution is 5.69. The maximum absolute atomic E-state index is 11.5. The van der Waals surface area contributed by atoms with Gasteiger partial charge in [-0.1, -0.05) is 0 Å². The van der Waals surface area contributed by atoms with Crippen molar-refractivity contribution in [1.29, 1.82) is 0 Å². The Morgan fingerprint density at radius 2 is 1.53 bits per heavy atom. The molecule has 19 heavy (non-hydrogen) atoms. The van der Waals surface area contributed by atoms with Gasteiger partial charge >= 0.3 is 5.97 Å². The molecule has 0 amide bonds. The molecule has 0 heterocycles. The lowest BCUT2D eigenvalue weighted by molar-refractivity contribution is -0.208. The number of hydrogen-bond donors (Lipinski definition) is 5. The lowest BCUT2D eigenvalue weighted by atomic mass is 9.69. The van der Waals surface area contributed by atoms with E-state index in [2.05, 4.69) is 0 Å². The third kappa shape index (κ3) is 2.48. The molecule has 7 atom stereocenters. The molecule has 0 aromatic carbocycles. The zero-order chi connectivity index (χ0) is 14.2. The summed E-state index contributed by atoms with van der Waals surface area (Å²) in [5.41, 5.74) is 0. The van der Waals surface area contributed by atoms with E-state index in [-0.39, 0.29) is 13.0 Å². The van der Waals surface area contributed by atoms with E-state index in [1.807, 2.05) is 0 Å². The van der Waals surface area contributed by atoms with E-state index in [0.29, 0.717) is 12.8 Å². The van der Waals surface area contributed by atoms with E-state index in [0.717, 1.165) is 0 Å². The van der Waals surface area contributed by atoms with Crippen LogP contribution in [0.4, 0.5) is 0 Å². The molecule has 0 saturated heterocycles. The number of aliphatic hydroxyl groups excluding tert-OH is 5. The summed E-state index contributed by atoms with van der Waals surface area (Å²) in [6.07, 6.45) is -4.54. The summed E-state index contributed by atoms with van der Waals surface area (Å²) in [4.78, 5) is 11.5. The summed E-state index contributed by atoms with van der Waals surface area (Å²) in [5.74, 6) is -1.79. The number of esters is 1. The number of carbonyl (C=O) groups is 1. The maximum atomic E-state index is 11.5. The Hall–Kier alpha value is -0.730. The summed E-state index contributed by atoms with van der Waals surface area (Å²) in [7, 11) is 0. The van der Waals surface area contributed by atoms with Crippen molar-refractivity contribution in [1.82, 2.24) is 0 Å². The zero-order valence-corrected chi connectivity index (χ0v) is 10.4. The van der Waals surface area contributed by atoms with Gasteiger partial charge in [0.25, 0.3) is 0 Å². The molecule has 5 N–H and O–H groups in total. The molecule has 2 aliphatic rings. The minimum absolute atomic E-state index is 0.00112. The highest BCUT2D eigenvalue weighted by atomic mass is 16.6. The molecule has 7 nitrogen and oxygen atoms in total. The van der Waals surface area contributed by atoms with Crippen LogP contribution in [0.5, 0.6) is 0 Å². The van der Waals surface area contributed by atoms with Gasteiger partial charge in [-0.2, -0.15) is 0 Å². The molecule has 7 heteroatoms. The summed E-state index contributed by atoms with van der Waals surface area (Å²) in [5, 5.41) is 47.3. The van der Waals surface area contributed by atoms with Crippen LogP contribution in [-0.4, -0.2) is 68.6 Å². The highest BCUT2D eigenvalue weighted by Crippen LogP contribution is 2.49. The van der Waals surface area contributed by atoms with Crippen molar-refractivity contribution in [3.05, 3.63) is 0 Å². The molecule has 0 radical (unpaired) electrons. The van der Waals surface area contributed by atoms with Crippen LogP contribution in [0.2, 0.25) is 0 Å². The Balaban J connectivity index is 1.87. The summed E-state index contributed by atoms with van der Waals surface area (Å²) in [6, 6.07) is 0. The molecule has 0 aliphatic heterocycles. The van der Waals surface area contributed by atoms with Gasteiger partial charge in [-0.05, 0) is 12.8 Å². The van der Waals surface area contributed by atoms with E-state index in [1.54, 1.807) is 0 Å². The molecule has 0 spiro atoms. The van der Waals surface area contributed by atoms with E-state index in [4.69, 9.17) is 9.84 Å². The second kappa shape index (κ2) is 5.72. The van der Waals surface area contributed by atoms with Crippen LogP contribution < -0.4 is 0 Å². The van der Waals surface area contributed by atoms with Crippen molar-refractivity contribution in [3.8, 4) is 0 Å². The number of hydrogen-bond acceptors (Lipinski definition) is 7. The normalized spacial score (nSPS) is 44.6. The molecular weight excluding hydrogens is 256 g/mol. The fraction of sp³-hybridized carbons (Fsp3) is 0.917. The third-order valence-electron chi connectivity index (χ3n) is 4.10. The number of ether oxygens (including phenoxy) is 1. The minimum atomic E-state index is -1.32. The maximum Gasteiger partial charge on any atom is 0.306 e. The van der Waals surface area contributed by atoms with Crippen LogP contribution in [0.15, 0.2) is 0 Å². The van der Waals surface area contributed by atoms with Gasteiger partial charge < -0.3 is 30.3 Å². The van der Waals surface area contributed by atoms with Gasteiger partial charge in [-0.3, -0.25) is 4.79 Å². The van der Waals surface area contributed by atoms with Crippen LogP contribution in [0, 0.1) is 11.8 Å².